The van der Waals surface area contributed by atoms with Gasteiger partial charge in [-0.1, -0.05) is 60.7 Å². The molecule has 0 aliphatic heterocycles. The van der Waals surface area contributed by atoms with E-state index in [9.17, 15) is 0 Å². The fourth-order valence-corrected chi connectivity index (χ4v) is 2.69. The fourth-order valence-electron chi connectivity index (χ4n) is 2.69. The van der Waals surface area contributed by atoms with Crippen LogP contribution < -0.4 is 0 Å². The molecule has 0 saturated heterocycles. The second-order valence-corrected chi connectivity index (χ2v) is 4.62. The van der Waals surface area contributed by atoms with Crippen LogP contribution in [0.4, 0.5) is 0 Å². The molecule has 0 atom stereocenters. The van der Waals surface area contributed by atoms with Gasteiger partial charge in [-0.05, 0) is 32.3 Å². The summed E-state index contributed by atoms with van der Waals surface area (Å²) in [6.07, 6.45) is 0. The molecule has 0 amide bonds. The summed E-state index contributed by atoms with van der Waals surface area (Å²) < 4.78 is 3.47. The van der Waals surface area contributed by atoms with E-state index in [4.69, 9.17) is 9.59 Å². The number of benzene rings is 4. The highest BCUT2D eigenvalue weighted by molar-refractivity contribution is 6.22. The van der Waals surface area contributed by atoms with Crippen molar-refractivity contribution < 1.29 is 14.3 Å². The SMILES string of the molecule is O=COC=O.c1cc2ccc3cccc4ccc(c1)c2c34. The molecule has 0 heterocycles. The molecule has 4 rings (SSSR count). The molecule has 4 aromatic carbocycles. The van der Waals surface area contributed by atoms with Gasteiger partial charge in [0.1, 0.15) is 0 Å². The van der Waals surface area contributed by atoms with Crippen molar-refractivity contribution in [3.8, 4) is 0 Å². The Kier molecular flexibility index (Phi) is 3.48. The van der Waals surface area contributed by atoms with Gasteiger partial charge in [0.25, 0.3) is 0 Å². The van der Waals surface area contributed by atoms with E-state index in [2.05, 4.69) is 65.4 Å². The average molecular weight is 276 g/mol. The molecular weight excluding hydrogens is 264 g/mol. The molecule has 0 bridgehead atoms. The van der Waals surface area contributed by atoms with Crippen molar-refractivity contribution in [2.75, 3.05) is 0 Å². The van der Waals surface area contributed by atoms with E-state index >= 15 is 0 Å². The van der Waals surface area contributed by atoms with Crippen LogP contribution in [0, 0.1) is 0 Å². The summed E-state index contributed by atoms with van der Waals surface area (Å²) >= 11 is 0. The molecule has 0 N–H and O–H groups in total. The second kappa shape index (κ2) is 5.59. The van der Waals surface area contributed by atoms with E-state index in [0.717, 1.165) is 0 Å². The van der Waals surface area contributed by atoms with Crippen LogP contribution in [0.2, 0.25) is 0 Å². The van der Waals surface area contributed by atoms with Gasteiger partial charge in [-0.3, -0.25) is 9.59 Å². The largest absolute Gasteiger partial charge is 0.398 e. The van der Waals surface area contributed by atoms with E-state index in [0.29, 0.717) is 0 Å². The third kappa shape index (κ3) is 2.30. The van der Waals surface area contributed by atoms with Gasteiger partial charge < -0.3 is 4.74 Å². The first-order chi connectivity index (χ1) is 10.3. The Morgan fingerprint density at radius 1 is 0.571 bits per heavy atom. The number of carbonyl (C=O) groups is 2. The summed E-state index contributed by atoms with van der Waals surface area (Å²) in [5, 5.41) is 8.14. The van der Waals surface area contributed by atoms with Crippen molar-refractivity contribution in [1.29, 1.82) is 0 Å². The van der Waals surface area contributed by atoms with Crippen LogP contribution in [-0.2, 0) is 14.3 Å². The third-order valence-electron chi connectivity index (χ3n) is 3.50. The van der Waals surface area contributed by atoms with Gasteiger partial charge in [-0.2, -0.15) is 0 Å². The highest BCUT2D eigenvalue weighted by atomic mass is 16.6. The highest BCUT2D eigenvalue weighted by Crippen LogP contribution is 2.33. The summed E-state index contributed by atoms with van der Waals surface area (Å²) in [5.41, 5.74) is 0. The Labute approximate surface area is 121 Å². The molecule has 0 aromatic heterocycles. The number of hydrogen-bond acceptors (Lipinski definition) is 3. The lowest BCUT2D eigenvalue weighted by molar-refractivity contribution is -0.141. The summed E-state index contributed by atoms with van der Waals surface area (Å²) in [5.74, 6) is 0. The Balaban J connectivity index is 0.000000233. The Morgan fingerprint density at radius 2 is 0.905 bits per heavy atom. The minimum Gasteiger partial charge on any atom is -0.398 e. The van der Waals surface area contributed by atoms with E-state index in [-0.39, 0.29) is 12.9 Å². The maximum atomic E-state index is 8.95. The molecule has 4 aromatic rings. The number of rotatable bonds is 2. The smallest absolute Gasteiger partial charge is 0.300 e. The van der Waals surface area contributed by atoms with Crippen LogP contribution in [0.1, 0.15) is 0 Å². The van der Waals surface area contributed by atoms with Gasteiger partial charge >= 0.3 is 12.9 Å². The maximum absolute atomic E-state index is 8.95. The zero-order valence-corrected chi connectivity index (χ0v) is 11.2. The molecule has 0 aliphatic carbocycles. The van der Waals surface area contributed by atoms with Crippen molar-refractivity contribution >= 4 is 45.3 Å². The van der Waals surface area contributed by atoms with Crippen molar-refractivity contribution in [3.63, 3.8) is 0 Å². The molecule has 0 aliphatic rings. The maximum Gasteiger partial charge on any atom is 0.300 e. The van der Waals surface area contributed by atoms with Crippen molar-refractivity contribution in [3.05, 3.63) is 60.7 Å². The summed E-state index contributed by atoms with van der Waals surface area (Å²) in [4.78, 5) is 17.9. The molecule has 0 radical (unpaired) electrons. The number of ether oxygens (including phenoxy) is 1. The van der Waals surface area contributed by atoms with Gasteiger partial charge in [0, 0.05) is 0 Å². The second-order valence-electron chi connectivity index (χ2n) is 4.62. The van der Waals surface area contributed by atoms with Gasteiger partial charge in [0.2, 0.25) is 0 Å². The predicted octanol–water partition coefficient (Wildman–Crippen LogP) is 3.90. The van der Waals surface area contributed by atoms with E-state index in [1.165, 1.54) is 32.3 Å². The number of carbonyl (C=O) groups excluding carboxylic acids is 2. The quantitative estimate of drug-likeness (QED) is 0.317. The summed E-state index contributed by atoms with van der Waals surface area (Å²) in [7, 11) is 0. The van der Waals surface area contributed by atoms with Crippen LogP contribution in [0.3, 0.4) is 0 Å². The lowest BCUT2D eigenvalue weighted by atomic mass is 9.95. The zero-order valence-electron chi connectivity index (χ0n) is 11.2. The molecule has 3 heteroatoms. The highest BCUT2D eigenvalue weighted by Gasteiger charge is 2.05. The zero-order chi connectivity index (χ0) is 14.7. The molecule has 0 unspecified atom stereocenters. The molecule has 0 fully saturated rings. The van der Waals surface area contributed by atoms with E-state index in [1.54, 1.807) is 0 Å². The predicted molar refractivity (Wildman–Crippen MR) is 83.4 cm³/mol. The first kappa shape index (κ1) is 13.1. The Hall–Kier alpha value is -2.94. The molecule has 3 nitrogen and oxygen atoms in total. The first-order valence-corrected chi connectivity index (χ1v) is 6.50. The van der Waals surface area contributed by atoms with E-state index in [1.807, 2.05) is 0 Å². The van der Waals surface area contributed by atoms with Gasteiger partial charge in [-0.25, -0.2) is 0 Å². The average Bonchev–Trinajstić information content (AvgIpc) is 2.54. The summed E-state index contributed by atoms with van der Waals surface area (Å²) in [6.45, 7) is 0.125. The Morgan fingerprint density at radius 3 is 1.14 bits per heavy atom. The van der Waals surface area contributed by atoms with Crippen LogP contribution in [0.5, 0.6) is 0 Å². The number of hydrogen-bond donors (Lipinski definition) is 0. The van der Waals surface area contributed by atoms with Crippen LogP contribution in [0.25, 0.3) is 32.3 Å². The normalized spacial score (nSPS) is 10.3. The molecule has 21 heavy (non-hydrogen) atoms. The van der Waals surface area contributed by atoms with Gasteiger partial charge in [0.05, 0.1) is 0 Å². The van der Waals surface area contributed by atoms with Gasteiger partial charge in [-0.15, -0.1) is 0 Å². The lowest BCUT2D eigenvalue weighted by Gasteiger charge is -2.09. The molecule has 0 spiro atoms. The molecular formula is C18H12O3. The topological polar surface area (TPSA) is 43.4 Å². The van der Waals surface area contributed by atoms with Crippen molar-refractivity contribution in [2.45, 2.75) is 0 Å². The molecule has 0 saturated carbocycles. The standard InChI is InChI=1S/C16H10.C2H2O3/c1-3-11-7-9-13-5-2-6-14-10-8-12(4-1)15(11)16(13)14;3-1-5-2-4/h1-10H;1-2H. The monoisotopic (exact) mass is 276 g/mol. The Bertz CT molecular complexity index is 776. The van der Waals surface area contributed by atoms with Crippen molar-refractivity contribution in [1.82, 2.24) is 0 Å². The van der Waals surface area contributed by atoms with Gasteiger partial charge in [0.15, 0.2) is 0 Å². The van der Waals surface area contributed by atoms with Crippen molar-refractivity contribution in [2.24, 2.45) is 0 Å². The van der Waals surface area contributed by atoms with E-state index < -0.39 is 0 Å². The third-order valence-corrected chi connectivity index (χ3v) is 3.50. The van der Waals surface area contributed by atoms with Crippen LogP contribution >= 0.6 is 0 Å². The molecule has 102 valence electrons. The fraction of sp³-hybridized carbons (Fsp3) is 0. The lowest BCUT2D eigenvalue weighted by Crippen LogP contribution is -1.82. The van der Waals surface area contributed by atoms with Crippen LogP contribution in [-0.4, -0.2) is 12.9 Å². The summed E-state index contributed by atoms with van der Waals surface area (Å²) in [6, 6.07) is 21.9. The van der Waals surface area contributed by atoms with Crippen LogP contribution in [0.15, 0.2) is 60.7 Å². The minimum atomic E-state index is 0.0625. The minimum absolute atomic E-state index is 0.0625. The first-order valence-electron chi connectivity index (χ1n) is 6.50.